The monoisotopic (exact) mass is 459 g/mol. The summed E-state index contributed by atoms with van der Waals surface area (Å²) >= 11 is 1.41. The Morgan fingerprint density at radius 1 is 1.15 bits per heavy atom. The van der Waals surface area contributed by atoms with Crippen LogP contribution in [0, 0.1) is 12.8 Å². The Morgan fingerprint density at radius 3 is 2.73 bits per heavy atom. The van der Waals surface area contributed by atoms with Gasteiger partial charge >= 0.3 is 0 Å². The molecule has 0 aliphatic carbocycles. The minimum Gasteiger partial charge on any atom is -0.352 e. The average molecular weight is 460 g/mol. The number of carbonyl (C=O) groups excluding carboxylic acids is 1. The normalized spacial score (nSPS) is 16.2. The van der Waals surface area contributed by atoms with Gasteiger partial charge in [-0.25, -0.2) is 9.55 Å². The number of carbonyl (C=O) groups is 1. The van der Waals surface area contributed by atoms with Gasteiger partial charge in [0.2, 0.25) is 11.9 Å². The first-order chi connectivity index (χ1) is 16.1. The molecular formula is C25H25N5O2S. The third kappa shape index (κ3) is 4.39. The molecule has 5 rings (SSSR count). The smallest absolute Gasteiger partial charge is 0.277 e. The summed E-state index contributed by atoms with van der Waals surface area (Å²) in [5.41, 5.74) is 3.56. The molecule has 0 bridgehead atoms. The number of nitrogens with zero attached hydrogens (tertiary/aromatic N) is 4. The number of thiophene rings is 1. The first-order valence-electron chi connectivity index (χ1n) is 11.1. The van der Waals surface area contributed by atoms with Gasteiger partial charge in [-0.2, -0.15) is 0 Å². The van der Waals surface area contributed by atoms with E-state index in [0.717, 1.165) is 36.2 Å². The van der Waals surface area contributed by atoms with Crippen LogP contribution in [0.5, 0.6) is 0 Å². The second-order valence-corrected chi connectivity index (χ2v) is 9.30. The van der Waals surface area contributed by atoms with Crippen LogP contribution in [-0.4, -0.2) is 33.5 Å². The summed E-state index contributed by atoms with van der Waals surface area (Å²) in [4.78, 5) is 37.3. The van der Waals surface area contributed by atoms with Crippen LogP contribution in [-0.2, 0) is 11.3 Å². The zero-order valence-electron chi connectivity index (χ0n) is 18.4. The van der Waals surface area contributed by atoms with E-state index in [1.165, 1.54) is 11.3 Å². The van der Waals surface area contributed by atoms with Crippen LogP contribution in [0.25, 0.3) is 15.9 Å². The maximum absolute atomic E-state index is 13.4. The molecule has 168 valence electrons. The molecule has 1 saturated heterocycles. The Kier molecular flexibility index (Phi) is 5.92. The van der Waals surface area contributed by atoms with Crippen molar-refractivity contribution in [1.82, 2.24) is 19.9 Å². The second kappa shape index (κ2) is 9.15. The number of benzene rings is 1. The van der Waals surface area contributed by atoms with Gasteiger partial charge < -0.3 is 10.2 Å². The maximum atomic E-state index is 13.4. The third-order valence-electron chi connectivity index (χ3n) is 6.05. The predicted molar refractivity (Wildman–Crippen MR) is 131 cm³/mol. The van der Waals surface area contributed by atoms with E-state index < -0.39 is 0 Å². The first-order valence-corrected chi connectivity index (χ1v) is 12.0. The molecule has 1 aromatic carbocycles. The van der Waals surface area contributed by atoms with Crippen LogP contribution < -0.4 is 15.8 Å². The Bertz CT molecular complexity index is 1330. The Labute approximate surface area is 195 Å². The molecule has 33 heavy (non-hydrogen) atoms. The number of hydrogen-bond acceptors (Lipinski definition) is 6. The Balaban J connectivity index is 1.44. The molecule has 3 aromatic heterocycles. The lowest BCUT2D eigenvalue weighted by Gasteiger charge is -2.34. The van der Waals surface area contributed by atoms with E-state index in [4.69, 9.17) is 4.98 Å². The van der Waals surface area contributed by atoms with Crippen molar-refractivity contribution in [1.29, 1.82) is 0 Å². The van der Waals surface area contributed by atoms with Crippen molar-refractivity contribution >= 4 is 33.4 Å². The maximum Gasteiger partial charge on any atom is 0.277 e. The molecule has 1 atom stereocenters. The van der Waals surface area contributed by atoms with Crippen LogP contribution in [0.15, 0.2) is 65.0 Å². The summed E-state index contributed by atoms with van der Waals surface area (Å²) in [5.74, 6) is 0.459. The van der Waals surface area contributed by atoms with E-state index in [0.29, 0.717) is 29.3 Å². The molecule has 0 radical (unpaired) electrons. The first kappa shape index (κ1) is 21.3. The quantitative estimate of drug-likeness (QED) is 0.492. The van der Waals surface area contributed by atoms with Gasteiger partial charge in [-0.05, 0) is 61.0 Å². The zero-order valence-corrected chi connectivity index (χ0v) is 19.2. The minimum atomic E-state index is -0.165. The fourth-order valence-corrected chi connectivity index (χ4v) is 5.01. The fraction of sp³-hybridized carbons (Fsp3) is 0.280. The van der Waals surface area contributed by atoms with Gasteiger partial charge in [0.1, 0.15) is 4.70 Å². The number of rotatable bonds is 5. The average Bonchev–Trinajstić information content (AvgIpc) is 3.33. The summed E-state index contributed by atoms with van der Waals surface area (Å²) < 4.78 is 2.33. The summed E-state index contributed by atoms with van der Waals surface area (Å²) in [6.07, 6.45) is 5.12. The van der Waals surface area contributed by atoms with E-state index >= 15 is 0 Å². The fourth-order valence-electron chi connectivity index (χ4n) is 4.25. The van der Waals surface area contributed by atoms with Gasteiger partial charge in [-0.3, -0.25) is 14.6 Å². The van der Waals surface area contributed by atoms with Gasteiger partial charge in [-0.1, -0.05) is 17.7 Å². The highest BCUT2D eigenvalue weighted by atomic mass is 32.1. The lowest BCUT2D eigenvalue weighted by molar-refractivity contribution is -0.125. The van der Waals surface area contributed by atoms with Crippen LogP contribution >= 0.6 is 11.3 Å². The van der Waals surface area contributed by atoms with E-state index in [2.05, 4.69) is 15.2 Å². The highest BCUT2D eigenvalue weighted by molar-refractivity contribution is 7.17. The van der Waals surface area contributed by atoms with Gasteiger partial charge in [0.15, 0.2) is 0 Å². The molecular weight excluding hydrogens is 434 g/mol. The van der Waals surface area contributed by atoms with Crippen LogP contribution in [0.1, 0.15) is 24.0 Å². The Hall–Kier alpha value is -3.52. The van der Waals surface area contributed by atoms with E-state index in [9.17, 15) is 9.59 Å². The van der Waals surface area contributed by atoms with Crippen molar-refractivity contribution in [2.45, 2.75) is 26.3 Å². The van der Waals surface area contributed by atoms with Crippen molar-refractivity contribution in [2.75, 3.05) is 18.0 Å². The second-order valence-electron chi connectivity index (χ2n) is 8.38. The molecule has 1 aliphatic rings. The van der Waals surface area contributed by atoms with Gasteiger partial charge in [0.05, 0.1) is 17.1 Å². The number of fused-ring (bicyclic) bond motifs is 1. The molecule has 1 fully saturated rings. The molecule has 4 heterocycles. The number of piperidine rings is 1. The van der Waals surface area contributed by atoms with Crippen molar-refractivity contribution < 1.29 is 4.79 Å². The highest BCUT2D eigenvalue weighted by Gasteiger charge is 2.29. The predicted octanol–water partition coefficient (Wildman–Crippen LogP) is 3.68. The molecule has 8 heteroatoms. The lowest BCUT2D eigenvalue weighted by atomic mass is 9.97. The number of aryl methyl sites for hydroxylation is 1. The molecule has 1 aliphatic heterocycles. The lowest BCUT2D eigenvalue weighted by Crippen LogP contribution is -2.45. The molecule has 0 spiro atoms. The Morgan fingerprint density at radius 2 is 1.94 bits per heavy atom. The highest BCUT2D eigenvalue weighted by Crippen LogP contribution is 2.26. The minimum absolute atomic E-state index is 0.0253. The molecule has 7 nitrogen and oxygen atoms in total. The summed E-state index contributed by atoms with van der Waals surface area (Å²) in [6, 6.07) is 13.6. The van der Waals surface area contributed by atoms with Gasteiger partial charge in [-0.15, -0.1) is 11.3 Å². The number of amides is 1. The van der Waals surface area contributed by atoms with Crippen LogP contribution in [0.2, 0.25) is 0 Å². The van der Waals surface area contributed by atoms with Crippen molar-refractivity contribution in [3.63, 3.8) is 0 Å². The number of aromatic nitrogens is 3. The van der Waals surface area contributed by atoms with Crippen molar-refractivity contribution in [2.24, 2.45) is 5.92 Å². The largest absolute Gasteiger partial charge is 0.352 e. The number of pyridine rings is 1. The standard InChI is InChI=1S/C25H25N5O2S/c1-17-4-6-20(7-5-17)30-24(32)22-21(10-14-33-22)28-25(30)29-13-2-3-19(16-29)23(31)27-15-18-8-11-26-12-9-18/h4-12,14,19H,2-3,13,15-16H2,1H3,(H,27,31). The molecule has 0 saturated carbocycles. The topological polar surface area (TPSA) is 80.1 Å². The van der Waals surface area contributed by atoms with E-state index in [-0.39, 0.29) is 17.4 Å². The number of hydrogen-bond donors (Lipinski definition) is 1. The summed E-state index contributed by atoms with van der Waals surface area (Å²) in [7, 11) is 0. The summed E-state index contributed by atoms with van der Waals surface area (Å²) in [6.45, 7) is 3.78. The molecule has 4 aromatic rings. The van der Waals surface area contributed by atoms with Crippen LogP contribution in [0.4, 0.5) is 5.95 Å². The van der Waals surface area contributed by atoms with Crippen molar-refractivity contribution in [3.8, 4) is 5.69 Å². The summed E-state index contributed by atoms with van der Waals surface area (Å²) in [5, 5.41) is 4.95. The third-order valence-corrected chi connectivity index (χ3v) is 6.94. The molecule has 1 amide bonds. The molecule has 1 N–H and O–H groups in total. The van der Waals surface area contributed by atoms with Gasteiger partial charge in [0, 0.05) is 32.0 Å². The van der Waals surface area contributed by atoms with Crippen molar-refractivity contribution in [3.05, 3.63) is 81.7 Å². The van der Waals surface area contributed by atoms with Gasteiger partial charge in [0.25, 0.3) is 5.56 Å². The number of anilines is 1. The SMILES string of the molecule is Cc1ccc(-n2c(N3CCCC(C(=O)NCc4ccncc4)C3)nc3ccsc3c2=O)cc1. The molecule has 1 unspecified atom stereocenters. The number of nitrogens with one attached hydrogen (secondary N) is 1. The van der Waals surface area contributed by atoms with E-state index in [1.54, 1.807) is 17.0 Å². The zero-order chi connectivity index (χ0) is 22.8. The van der Waals surface area contributed by atoms with E-state index in [1.807, 2.05) is 54.8 Å². The van der Waals surface area contributed by atoms with Crippen LogP contribution in [0.3, 0.4) is 0 Å².